The van der Waals surface area contributed by atoms with Gasteiger partial charge in [0.05, 0.1) is 0 Å². The minimum atomic E-state index is -0.356. The van der Waals surface area contributed by atoms with Gasteiger partial charge in [0.25, 0.3) is 5.91 Å². The number of hydrogen-bond acceptors (Lipinski definition) is 3. The van der Waals surface area contributed by atoms with Gasteiger partial charge in [-0.25, -0.2) is 9.18 Å². The van der Waals surface area contributed by atoms with Crippen LogP contribution in [0.1, 0.15) is 49.4 Å². The molecule has 1 unspecified atom stereocenters. The molecule has 6 nitrogen and oxygen atoms in total. The summed E-state index contributed by atoms with van der Waals surface area (Å²) in [5.41, 5.74) is 0.457. The van der Waals surface area contributed by atoms with Crippen molar-refractivity contribution in [1.29, 1.82) is 0 Å². The number of piperidine rings is 1. The lowest BCUT2D eigenvalue weighted by molar-refractivity contribution is 0.0884. The molecule has 0 aliphatic carbocycles. The predicted octanol–water partition coefficient (Wildman–Crippen LogP) is 2.69. The van der Waals surface area contributed by atoms with Crippen molar-refractivity contribution < 1.29 is 18.7 Å². The second kappa shape index (κ2) is 9.17. The number of halogens is 1. The fraction of sp³-hybridized carbons (Fsp3) is 0.600. The van der Waals surface area contributed by atoms with Crippen LogP contribution < -0.4 is 10.6 Å². The number of benzene rings is 1. The first kappa shape index (κ1) is 19.6. The maximum Gasteiger partial charge on any atom is 0.317 e. The Labute approximate surface area is 159 Å². The van der Waals surface area contributed by atoms with E-state index in [0.717, 1.165) is 32.1 Å². The molecule has 2 heterocycles. The Morgan fingerprint density at radius 1 is 1.19 bits per heavy atom. The fourth-order valence-electron chi connectivity index (χ4n) is 4.10. The van der Waals surface area contributed by atoms with Crippen molar-refractivity contribution in [2.24, 2.45) is 0 Å². The number of fused-ring (bicyclic) bond motifs is 2. The molecule has 0 radical (unpaired) electrons. The summed E-state index contributed by atoms with van der Waals surface area (Å²) >= 11 is 0. The molecule has 2 saturated heterocycles. The highest BCUT2D eigenvalue weighted by molar-refractivity contribution is 5.94. The first-order valence-corrected chi connectivity index (χ1v) is 9.78. The van der Waals surface area contributed by atoms with Crippen LogP contribution in [0.2, 0.25) is 0 Å². The topological polar surface area (TPSA) is 70.7 Å². The third-order valence-electron chi connectivity index (χ3n) is 5.36. The predicted molar refractivity (Wildman–Crippen MR) is 100 cm³/mol. The van der Waals surface area contributed by atoms with Crippen molar-refractivity contribution >= 4 is 11.9 Å². The lowest BCUT2D eigenvalue weighted by Crippen LogP contribution is -2.55. The van der Waals surface area contributed by atoms with E-state index in [1.54, 1.807) is 0 Å². The number of carbonyl (C=O) groups is 2. The standard InChI is InChI=1S/C20H28FN3O3/c1-2-27-11-3-10-22-20(26)24-17-8-9-18(24)13-16(12-17)23-19(25)14-4-6-15(21)7-5-14/h4-7,16-18H,2-3,8-13H2,1H3,(H,22,26)(H,23,25)/t16?,17-,18+. The van der Waals surface area contributed by atoms with E-state index in [1.165, 1.54) is 24.3 Å². The molecule has 2 fully saturated rings. The summed E-state index contributed by atoms with van der Waals surface area (Å²) < 4.78 is 18.3. The number of ether oxygens (including phenoxy) is 1. The number of hydrogen-bond donors (Lipinski definition) is 2. The molecule has 0 spiro atoms. The van der Waals surface area contributed by atoms with Gasteiger partial charge in [-0.05, 0) is 63.3 Å². The smallest absolute Gasteiger partial charge is 0.317 e. The molecule has 3 atom stereocenters. The molecule has 2 bridgehead atoms. The Bertz CT molecular complexity index is 638. The van der Waals surface area contributed by atoms with Gasteiger partial charge < -0.3 is 20.3 Å². The zero-order chi connectivity index (χ0) is 19.2. The second-order valence-corrected chi connectivity index (χ2v) is 7.22. The molecule has 148 valence electrons. The largest absolute Gasteiger partial charge is 0.382 e. The van der Waals surface area contributed by atoms with Crippen molar-refractivity contribution in [1.82, 2.24) is 15.5 Å². The monoisotopic (exact) mass is 377 g/mol. The summed E-state index contributed by atoms with van der Waals surface area (Å²) in [5.74, 6) is -0.543. The van der Waals surface area contributed by atoms with E-state index < -0.39 is 0 Å². The molecule has 2 aliphatic rings. The summed E-state index contributed by atoms with van der Waals surface area (Å²) in [6, 6.07) is 5.91. The lowest BCUT2D eigenvalue weighted by atomic mass is 9.97. The van der Waals surface area contributed by atoms with Gasteiger partial charge in [0.1, 0.15) is 5.82 Å². The lowest BCUT2D eigenvalue weighted by Gasteiger charge is -2.39. The molecule has 7 heteroatoms. The fourth-order valence-corrected chi connectivity index (χ4v) is 4.10. The van der Waals surface area contributed by atoms with Crippen LogP contribution in [0.3, 0.4) is 0 Å². The molecular formula is C20H28FN3O3. The summed E-state index contributed by atoms with van der Waals surface area (Å²) in [4.78, 5) is 26.8. The Hall–Kier alpha value is -2.15. The van der Waals surface area contributed by atoms with Crippen molar-refractivity contribution in [3.05, 3.63) is 35.6 Å². The average molecular weight is 377 g/mol. The Balaban J connectivity index is 1.48. The molecule has 2 N–H and O–H groups in total. The van der Waals surface area contributed by atoms with Crippen LogP contribution in [0.4, 0.5) is 9.18 Å². The molecule has 3 amide bonds. The normalized spacial score (nSPS) is 23.9. The Morgan fingerprint density at radius 3 is 2.48 bits per heavy atom. The number of rotatable bonds is 7. The number of nitrogens with one attached hydrogen (secondary N) is 2. The summed E-state index contributed by atoms with van der Waals surface area (Å²) in [5, 5.41) is 6.03. The highest BCUT2D eigenvalue weighted by Gasteiger charge is 2.43. The van der Waals surface area contributed by atoms with Gasteiger partial charge in [0.15, 0.2) is 0 Å². The average Bonchev–Trinajstić information content (AvgIpc) is 2.93. The van der Waals surface area contributed by atoms with Gasteiger partial charge in [0.2, 0.25) is 0 Å². The molecule has 2 aliphatic heterocycles. The van der Waals surface area contributed by atoms with E-state index in [4.69, 9.17) is 4.74 Å². The minimum Gasteiger partial charge on any atom is -0.382 e. The van der Waals surface area contributed by atoms with Gasteiger partial charge in [-0.3, -0.25) is 4.79 Å². The Kier molecular flexibility index (Phi) is 6.66. The highest BCUT2D eigenvalue weighted by Crippen LogP contribution is 2.35. The number of carbonyl (C=O) groups excluding carboxylic acids is 2. The zero-order valence-electron chi connectivity index (χ0n) is 15.7. The molecule has 27 heavy (non-hydrogen) atoms. The maximum absolute atomic E-state index is 13.0. The van der Waals surface area contributed by atoms with Crippen LogP contribution in [-0.4, -0.2) is 54.7 Å². The van der Waals surface area contributed by atoms with E-state index in [1.807, 2.05) is 11.8 Å². The Morgan fingerprint density at radius 2 is 1.85 bits per heavy atom. The van der Waals surface area contributed by atoms with Gasteiger partial charge >= 0.3 is 6.03 Å². The second-order valence-electron chi connectivity index (χ2n) is 7.22. The summed E-state index contributed by atoms with van der Waals surface area (Å²) in [6.45, 7) is 3.91. The van der Waals surface area contributed by atoms with E-state index in [0.29, 0.717) is 25.3 Å². The first-order chi connectivity index (χ1) is 13.1. The van der Waals surface area contributed by atoms with E-state index in [-0.39, 0.29) is 35.9 Å². The van der Waals surface area contributed by atoms with Gasteiger partial charge in [0, 0.05) is 43.4 Å². The molecular weight excluding hydrogens is 349 g/mol. The van der Waals surface area contributed by atoms with Crippen LogP contribution in [0.25, 0.3) is 0 Å². The molecule has 0 aromatic heterocycles. The van der Waals surface area contributed by atoms with Crippen LogP contribution in [-0.2, 0) is 4.74 Å². The quantitative estimate of drug-likeness (QED) is 0.718. The van der Waals surface area contributed by atoms with Crippen LogP contribution >= 0.6 is 0 Å². The molecule has 1 aromatic rings. The van der Waals surface area contributed by atoms with Crippen LogP contribution in [0.5, 0.6) is 0 Å². The van der Waals surface area contributed by atoms with E-state index >= 15 is 0 Å². The van der Waals surface area contributed by atoms with Crippen LogP contribution in [0, 0.1) is 5.82 Å². The number of nitrogens with zero attached hydrogens (tertiary/aromatic N) is 1. The van der Waals surface area contributed by atoms with Crippen molar-refractivity contribution in [3.8, 4) is 0 Å². The minimum absolute atomic E-state index is 0.0118. The van der Waals surface area contributed by atoms with Gasteiger partial charge in [-0.2, -0.15) is 0 Å². The molecule has 1 aromatic carbocycles. The highest BCUT2D eigenvalue weighted by atomic mass is 19.1. The zero-order valence-corrected chi connectivity index (χ0v) is 15.7. The summed E-state index contributed by atoms with van der Waals surface area (Å²) in [7, 11) is 0. The first-order valence-electron chi connectivity index (χ1n) is 9.78. The number of urea groups is 1. The van der Waals surface area contributed by atoms with Gasteiger partial charge in [-0.1, -0.05) is 0 Å². The van der Waals surface area contributed by atoms with Gasteiger partial charge in [-0.15, -0.1) is 0 Å². The van der Waals surface area contributed by atoms with Crippen molar-refractivity contribution in [3.63, 3.8) is 0 Å². The number of amides is 3. The third-order valence-corrected chi connectivity index (χ3v) is 5.36. The van der Waals surface area contributed by atoms with E-state index in [2.05, 4.69) is 10.6 Å². The SMILES string of the molecule is CCOCCCNC(=O)N1[C@@H]2CC[C@H]1CC(NC(=O)c1ccc(F)cc1)C2. The summed E-state index contributed by atoms with van der Waals surface area (Å²) in [6.07, 6.45) is 4.27. The maximum atomic E-state index is 13.0. The van der Waals surface area contributed by atoms with Crippen molar-refractivity contribution in [2.45, 2.75) is 57.2 Å². The molecule has 0 saturated carbocycles. The van der Waals surface area contributed by atoms with Crippen molar-refractivity contribution in [2.75, 3.05) is 19.8 Å². The molecule has 3 rings (SSSR count). The van der Waals surface area contributed by atoms with Crippen LogP contribution in [0.15, 0.2) is 24.3 Å². The van der Waals surface area contributed by atoms with E-state index in [9.17, 15) is 14.0 Å². The third kappa shape index (κ3) is 4.97.